The molecule has 0 bridgehead atoms. The Balaban J connectivity index is 2.51. The molecule has 2 aromatic rings. The van der Waals surface area contributed by atoms with Crippen molar-refractivity contribution >= 4 is 18.0 Å². The average Bonchev–Trinajstić information content (AvgIpc) is 2.47. The van der Waals surface area contributed by atoms with E-state index in [4.69, 9.17) is 0 Å². The van der Waals surface area contributed by atoms with E-state index in [1.165, 1.54) is 34.8 Å². The molecule has 0 unspecified atom stereocenters. The lowest BCUT2D eigenvalue weighted by Crippen LogP contribution is -2.32. The molecule has 0 atom stereocenters. The zero-order chi connectivity index (χ0) is 17.2. The van der Waals surface area contributed by atoms with Crippen molar-refractivity contribution in [2.75, 3.05) is 6.26 Å². The first-order valence-corrected chi connectivity index (χ1v) is 8.07. The van der Waals surface area contributed by atoms with Gasteiger partial charge in [0.05, 0.1) is 6.21 Å². The molecule has 23 heavy (non-hydrogen) atoms. The second-order valence-corrected chi connectivity index (χ2v) is 6.67. The van der Waals surface area contributed by atoms with Crippen LogP contribution in [0.15, 0.2) is 33.3 Å². The standard InChI is InChI=1S/C15H18N4O3S/c1-15(2,3)12-13(22)19(14(23-4)18-17-12)16-8-9-5-6-10(20)11(21)7-9/h5-8,20-21H,1-4H3/b16-8-. The van der Waals surface area contributed by atoms with Crippen molar-refractivity contribution in [1.29, 1.82) is 0 Å². The van der Waals surface area contributed by atoms with E-state index in [1.807, 2.05) is 20.8 Å². The number of aromatic hydroxyl groups is 2. The lowest BCUT2D eigenvalue weighted by molar-refractivity contribution is 0.403. The third-order valence-corrected chi connectivity index (χ3v) is 3.65. The Morgan fingerprint density at radius 1 is 1.22 bits per heavy atom. The second-order valence-electron chi connectivity index (χ2n) is 5.89. The summed E-state index contributed by atoms with van der Waals surface area (Å²) in [6.45, 7) is 5.63. The molecule has 0 saturated heterocycles. The van der Waals surface area contributed by atoms with Gasteiger partial charge in [-0.05, 0) is 30.0 Å². The predicted octanol–water partition coefficient (Wildman–Crippen LogP) is 1.95. The van der Waals surface area contributed by atoms with Crippen molar-refractivity contribution in [3.05, 3.63) is 39.8 Å². The molecule has 0 aliphatic carbocycles. The SMILES string of the molecule is CSc1nnc(C(C)(C)C)c(=O)n1/N=C\c1ccc(O)c(O)c1. The van der Waals surface area contributed by atoms with Gasteiger partial charge < -0.3 is 10.2 Å². The predicted molar refractivity (Wildman–Crippen MR) is 89.5 cm³/mol. The monoisotopic (exact) mass is 334 g/mol. The molecule has 2 rings (SSSR count). The summed E-state index contributed by atoms with van der Waals surface area (Å²) in [5, 5.41) is 31.4. The van der Waals surface area contributed by atoms with Gasteiger partial charge in [0.1, 0.15) is 5.69 Å². The topological polar surface area (TPSA) is 101 Å². The lowest BCUT2D eigenvalue weighted by atomic mass is 9.93. The van der Waals surface area contributed by atoms with Gasteiger partial charge in [0, 0.05) is 5.41 Å². The molecule has 0 radical (unpaired) electrons. The van der Waals surface area contributed by atoms with Crippen LogP contribution in [-0.4, -0.2) is 37.6 Å². The maximum absolute atomic E-state index is 12.6. The van der Waals surface area contributed by atoms with Crippen LogP contribution in [0.2, 0.25) is 0 Å². The van der Waals surface area contributed by atoms with Crippen LogP contribution in [0.25, 0.3) is 0 Å². The van der Waals surface area contributed by atoms with E-state index in [0.29, 0.717) is 16.4 Å². The fourth-order valence-corrected chi connectivity index (χ4v) is 2.24. The molecule has 122 valence electrons. The lowest BCUT2D eigenvalue weighted by Gasteiger charge is -2.16. The molecule has 1 aromatic heterocycles. The molecule has 1 aromatic carbocycles. The van der Waals surface area contributed by atoms with Gasteiger partial charge in [0.15, 0.2) is 11.5 Å². The van der Waals surface area contributed by atoms with Gasteiger partial charge >= 0.3 is 0 Å². The van der Waals surface area contributed by atoms with Crippen LogP contribution in [0.1, 0.15) is 32.0 Å². The number of benzene rings is 1. The van der Waals surface area contributed by atoms with Gasteiger partial charge in [0.2, 0.25) is 5.16 Å². The number of rotatable bonds is 3. The van der Waals surface area contributed by atoms with Crippen LogP contribution in [0.4, 0.5) is 0 Å². The quantitative estimate of drug-likeness (QED) is 0.505. The first kappa shape index (κ1) is 17.0. The molecule has 0 aliphatic rings. The largest absolute Gasteiger partial charge is 0.504 e. The van der Waals surface area contributed by atoms with Crippen LogP contribution in [-0.2, 0) is 5.41 Å². The normalized spacial score (nSPS) is 12.0. The van der Waals surface area contributed by atoms with Crippen molar-refractivity contribution in [2.24, 2.45) is 5.10 Å². The second kappa shape index (κ2) is 6.41. The highest BCUT2D eigenvalue weighted by Gasteiger charge is 2.23. The summed E-state index contributed by atoms with van der Waals surface area (Å²) in [5.74, 6) is -0.473. The number of hydrogen-bond acceptors (Lipinski definition) is 7. The van der Waals surface area contributed by atoms with E-state index in [0.717, 1.165) is 0 Å². The molecular formula is C15H18N4O3S. The van der Waals surface area contributed by atoms with Crippen molar-refractivity contribution in [3.8, 4) is 11.5 Å². The Labute approximate surface area is 137 Å². The zero-order valence-corrected chi connectivity index (χ0v) is 14.1. The molecule has 0 fully saturated rings. The Bertz CT molecular complexity index is 809. The van der Waals surface area contributed by atoms with Gasteiger partial charge in [-0.25, -0.2) is 0 Å². The van der Waals surface area contributed by atoms with Crippen LogP contribution >= 0.6 is 11.8 Å². The molecule has 1 heterocycles. The first-order valence-electron chi connectivity index (χ1n) is 6.84. The number of phenols is 2. The summed E-state index contributed by atoms with van der Waals surface area (Å²) in [4.78, 5) is 12.6. The third kappa shape index (κ3) is 3.70. The maximum atomic E-state index is 12.6. The average molecular weight is 334 g/mol. The van der Waals surface area contributed by atoms with Gasteiger partial charge in [-0.15, -0.1) is 10.2 Å². The van der Waals surface area contributed by atoms with Gasteiger partial charge in [-0.2, -0.15) is 9.78 Å². The molecule has 7 nitrogen and oxygen atoms in total. The Hall–Kier alpha value is -2.35. The van der Waals surface area contributed by atoms with E-state index in [1.54, 1.807) is 12.3 Å². The smallest absolute Gasteiger partial charge is 0.297 e. The van der Waals surface area contributed by atoms with E-state index in [-0.39, 0.29) is 17.1 Å². The summed E-state index contributed by atoms with van der Waals surface area (Å²) in [6, 6.07) is 4.27. The van der Waals surface area contributed by atoms with Gasteiger partial charge in [-0.1, -0.05) is 32.5 Å². The Morgan fingerprint density at radius 2 is 1.91 bits per heavy atom. The van der Waals surface area contributed by atoms with Crippen molar-refractivity contribution in [3.63, 3.8) is 0 Å². The summed E-state index contributed by atoms with van der Waals surface area (Å²) in [5.41, 5.74) is 0.0697. The molecule has 2 N–H and O–H groups in total. The van der Waals surface area contributed by atoms with Crippen molar-refractivity contribution in [1.82, 2.24) is 14.9 Å². The number of thioether (sulfide) groups is 1. The van der Waals surface area contributed by atoms with Crippen molar-refractivity contribution in [2.45, 2.75) is 31.3 Å². The third-order valence-electron chi connectivity index (χ3n) is 3.03. The fourth-order valence-electron chi connectivity index (χ4n) is 1.81. The minimum atomic E-state index is -0.449. The zero-order valence-electron chi connectivity index (χ0n) is 13.3. The van der Waals surface area contributed by atoms with Crippen molar-refractivity contribution < 1.29 is 10.2 Å². The Kier molecular flexibility index (Phi) is 4.74. The minimum Gasteiger partial charge on any atom is -0.504 e. The number of nitrogens with zero attached hydrogens (tertiary/aromatic N) is 4. The van der Waals surface area contributed by atoms with Crippen LogP contribution < -0.4 is 5.56 Å². The van der Waals surface area contributed by atoms with Crippen LogP contribution in [0.3, 0.4) is 0 Å². The number of aromatic nitrogens is 3. The van der Waals surface area contributed by atoms with Crippen LogP contribution in [0.5, 0.6) is 11.5 Å². The van der Waals surface area contributed by atoms with E-state index in [2.05, 4.69) is 15.3 Å². The highest BCUT2D eigenvalue weighted by atomic mass is 32.2. The van der Waals surface area contributed by atoms with Gasteiger partial charge in [0.25, 0.3) is 5.56 Å². The molecule has 0 aliphatic heterocycles. The summed E-state index contributed by atoms with van der Waals surface area (Å²) < 4.78 is 1.18. The van der Waals surface area contributed by atoms with Gasteiger partial charge in [-0.3, -0.25) is 4.79 Å². The summed E-state index contributed by atoms with van der Waals surface area (Å²) >= 11 is 1.26. The summed E-state index contributed by atoms with van der Waals surface area (Å²) in [7, 11) is 0. The number of hydrogen-bond donors (Lipinski definition) is 2. The summed E-state index contributed by atoms with van der Waals surface area (Å²) in [6.07, 6.45) is 3.19. The fraction of sp³-hybridized carbons (Fsp3) is 0.333. The van der Waals surface area contributed by atoms with E-state index < -0.39 is 5.41 Å². The number of phenolic OH excluding ortho intramolecular Hbond substituents is 2. The van der Waals surface area contributed by atoms with E-state index >= 15 is 0 Å². The maximum Gasteiger partial charge on any atom is 0.297 e. The minimum absolute atomic E-state index is 0.218. The molecule has 0 saturated carbocycles. The first-order chi connectivity index (χ1) is 10.7. The molecule has 0 spiro atoms. The highest BCUT2D eigenvalue weighted by molar-refractivity contribution is 7.98. The molecule has 8 heteroatoms. The van der Waals surface area contributed by atoms with Crippen LogP contribution in [0, 0.1) is 0 Å². The highest BCUT2D eigenvalue weighted by Crippen LogP contribution is 2.24. The molecule has 0 amide bonds. The van der Waals surface area contributed by atoms with E-state index in [9.17, 15) is 15.0 Å². The Morgan fingerprint density at radius 3 is 2.48 bits per heavy atom. The molecular weight excluding hydrogens is 316 g/mol.